The van der Waals surface area contributed by atoms with E-state index in [0.717, 1.165) is 24.3 Å². The number of aromatic nitrogens is 1. The van der Waals surface area contributed by atoms with Gasteiger partial charge in [-0.3, -0.25) is 0 Å². The van der Waals surface area contributed by atoms with Crippen LogP contribution in [-0.4, -0.2) is 18.6 Å². The lowest BCUT2D eigenvalue weighted by Gasteiger charge is -2.10. The summed E-state index contributed by atoms with van der Waals surface area (Å²) in [5.41, 5.74) is 3.59. The summed E-state index contributed by atoms with van der Waals surface area (Å²) < 4.78 is 0. The molecule has 0 fully saturated rings. The first-order chi connectivity index (χ1) is 7.40. The molecule has 15 heavy (non-hydrogen) atoms. The van der Waals surface area contributed by atoms with E-state index in [1.807, 2.05) is 13.1 Å². The molecule has 76 valence electrons. The first kappa shape index (κ1) is 8.53. The molecule has 0 spiro atoms. The van der Waals surface area contributed by atoms with Gasteiger partial charge in [0.1, 0.15) is 5.82 Å². The van der Waals surface area contributed by atoms with Gasteiger partial charge < -0.3 is 10.6 Å². The van der Waals surface area contributed by atoms with Crippen molar-refractivity contribution in [3.8, 4) is 0 Å². The zero-order valence-electron chi connectivity index (χ0n) is 8.67. The molecular formula is C12H13N3. The molecule has 3 heteroatoms. The molecule has 0 radical (unpaired) electrons. The Balaban J connectivity index is 2.41. The van der Waals surface area contributed by atoms with Gasteiger partial charge in [0.25, 0.3) is 0 Å². The first-order valence-electron chi connectivity index (χ1n) is 5.23. The quantitative estimate of drug-likeness (QED) is 0.739. The largest absolute Gasteiger partial charge is 0.387 e. The molecule has 1 aliphatic rings. The highest BCUT2D eigenvalue weighted by molar-refractivity contribution is 5.95. The summed E-state index contributed by atoms with van der Waals surface area (Å²) in [6.45, 7) is 0.993. The topological polar surface area (TPSA) is 37.0 Å². The Bertz CT molecular complexity index is 520. The molecule has 0 atom stereocenters. The first-order valence-corrected chi connectivity index (χ1v) is 5.23. The van der Waals surface area contributed by atoms with Crippen molar-refractivity contribution in [2.75, 3.05) is 24.2 Å². The lowest BCUT2D eigenvalue weighted by Crippen LogP contribution is -1.97. The molecule has 0 unspecified atom stereocenters. The Labute approximate surface area is 88.5 Å². The Morgan fingerprint density at radius 1 is 1.33 bits per heavy atom. The van der Waals surface area contributed by atoms with Gasteiger partial charge >= 0.3 is 0 Å². The molecule has 1 aromatic heterocycles. The van der Waals surface area contributed by atoms with Gasteiger partial charge in [0.05, 0.1) is 11.2 Å². The van der Waals surface area contributed by atoms with Crippen LogP contribution in [0.1, 0.15) is 5.56 Å². The van der Waals surface area contributed by atoms with Gasteiger partial charge in [-0.15, -0.1) is 0 Å². The highest BCUT2D eigenvalue weighted by Crippen LogP contribution is 2.33. The summed E-state index contributed by atoms with van der Waals surface area (Å²) >= 11 is 0. The standard InChI is InChI=1S/C12H13N3/c1-13-11-8-4-2-3-5-10(8)15-12-9(11)6-7-14-12/h2-5H,6-7H2,1H3,(H2,13,14,15). The van der Waals surface area contributed by atoms with Gasteiger partial charge in [-0.25, -0.2) is 4.98 Å². The van der Waals surface area contributed by atoms with E-state index < -0.39 is 0 Å². The van der Waals surface area contributed by atoms with Gasteiger partial charge in [-0.2, -0.15) is 0 Å². The molecular weight excluding hydrogens is 186 g/mol. The minimum atomic E-state index is 0.993. The molecule has 2 heterocycles. The van der Waals surface area contributed by atoms with E-state index in [1.54, 1.807) is 0 Å². The minimum Gasteiger partial charge on any atom is -0.387 e. The normalized spacial score (nSPS) is 13.7. The maximum Gasteiger partial charge on any atom is 0.132 e. The van der Waals surface area contributed by atoms with E-state index in [4.69, 9.17) is 0 Å². The van der Waals surface area contributed by atoms with Crippen LogP contribution in [0.25, 0.3) is 10.9 Å². The van der Waals surface area contributed by atoms with E-state index >= 15 is 0 Å². The summed E-state index contributed by atoms with van der Waals surface area (Å²) in [5.74, 6) is 1.04. The molecule has 2 aromatic rings. The highest BCUT2D eigenvalue weighted by Gasteiger charge is 2.17. The van der Waals surface area contributed by atoms with Crippen molar-refractivity contribution < 1.29 is 0 Å². The predicted molar refractivity (Wildman–Crippen MR) is 63.5 cm³/mol. The summed E-state index contributed by atoms with van der Waals surface area (Å²) in [6.07, 6.45) is 1.06. The van der Waals surface area contributed by atoms with Gasteiger partial charge in [0, 0.05) is 24.5 Å². The molecule has 0 saturated heterocycles. The predicted octanol–water partition coefficient (Wildman–Crippen LogP) is 2.24. The molecule has 1 aliphatic heterocycles. The fraction of sp³-hybridized carbons (Fsp3) is 0.250. The van der Waals surface area contributed by atoms with Gasteiger partial charge in [0.15, 0.2) is 0 Å². The average molecular weight is 199 g/mol. The molecule has 0 amide bonds. The van der Waals surface area contributed by atoms with Crippen LogP contribution in [0.3, 0.4) is 0 Å². The number of benzene rings is 1. The summed E-state index contributed by atoms with van der Waals surface area (Å²) in [6, 6.07) is 8.25. The van der Waals surface area contributed by atoms with Crippen molar-refractivity contribution in [1.82, 2.24) is 4.98 Å². The molecule has 0 aliphatic carbocycles. The second-order valence-electron chi connectivity index (χ2n) is 3.76. The summed E-state index contributed by atoms with van der Waals surface area (Å²) in [7, 11) is 1.97. The lowest BCUT2D eigenvalue weighted by atomic mass is 10.1. The molecule has 1 aromatic carbocycles. The van der Waals surface area contributed by atoms with Crippen LogP contribution in [0.2, 0.25) is 0 Å². The number of para-hydroxylation sites is 1. The van der Waals surface area contributed by atoms with E-state index in [2.05, 4.69) is 33.8 Å². The van der Waals surface area contributed by atoms with Crippen LogP contribution >= 0.6 is 0 Å². The number of nitrogens with one attached hydrogen (secondary N) is 2. The number of rotatable bonds is 1. The average Bonchev–Trinajstić information content (AvgIpc) is 2.73. The molecule has 0 bridgehead atoms. The van der Waals surface area contributed by atoms with Crippen LogP contribution in [-0.2, 0) is 6.42 Å². The zero-order chi connectivity index (χ0) is 10.3. The number of anilines is 2. The van der Waals surface area contributed by atoms with Crippen LogP contribution < -0.4 is 10.6 Å². The van der Waals surface area contributed by atoms with Crippen LogP contribution in [0, 0.1) is 0 Å². The third kappa shape index (κ3) is 1.16. The Kier molecular flexibility index (Phi) is 1.78. The maximum atomic E-state index is 4.61. The second-order valence-corrected chi connectivity index (χ2v) is 3.76. The van der Waals surface area contributed by atoms with Crippen molar-refractivity contribution in [2.45, 2.75) is 6.42 Å². The number of hydrogen-bond acceptors (Lipinski definition) is 3. The SMILES string of the molecule is CNc1c2c(nc3ccccc13)NCC2. The fourth-order valence-electron chi connectivity index (χ4n) is 2.23. The number of hydrogen-bond donors (Lipinski definition) is 2. The Morgan fingerprint density at radius 2 is 2.20 bits per heavy atom. The van der Waals surface area contributed by atoms with E-state index in [9.17, 15) is 0 Å². The van der Waals surface area contributed by atoms with Gasteiger partial charge in [0.2, 0.25) is 0 Å². The van der Waals surface area contributed by atoms with Crippen molar-refractivity contribution in [2.24, 2.45) is 0 Å². The highest BCUT2D eigenvalue weighted by atomic mass is 15.0. The Hall–Kier alpha value is -1.77. The molecule has 0 saturated carbocycles. The van der Waals surface area contributed by atoms with Crippen LogP contribution in [0.15, 0.2) is 24.3 Å². The van der Waals surface area contributed by atoms with Gasteiger partial charge in [-0.05, 0) is 12.5 Å². The number of nitrogens with zero attached hydrogens (tertiary/aromatic N) is 1. The van der Waals surface area contributed by atoms with Gasteiger partial charge in [-0.1, -0.05) is 18.2 Å². The zero-order valence-corrected chi connectivity index (χ0v) is 8.67. The van der Waals surface area contributed by atoms with E-state index in [0.29, 0.717) is 0 Å². The molecule has 2 N–H and O–H groups in total. The Morgan fingerprint density at radius 3 is 3.07 bits per heavy atom. The van der Waals surface area contributed by atoms with E-state index in [1.165, 1.54) is 16.6 Å². The maximum absolute atomic E-state index is 4.61. The summed E-state index contributed by atoms with van der Waals surface area (Å²) in [4.78, 5) is 4.61. The number of fused-ring (bicyclic) bond motifs is 2. The van der Waals surface area contributed by atoms with E-state index in [-0.39, 0.29) is 0 Å². The van der Waals surface area contributed by atoms with Crippen LogP contribution in [0.4, 0.5) is 11.5 Å². The molecule has 3 nitrogen and oxygen atoms in total. The fourth-order valence-corrected chi connectivity index (χ4v) is 2.23. The minimum absolute atomic E-state index is 0.993. The smallest absolute Gasteiger partial charge is 0.132 e. The summed E-state index contributed by atoms with van der Waals surface area (Å²) in [5, 5.41) is 7.82. The third-order valence-corrected chi connectivity index (χ3v) is 2.91. The lowest BCUT2D eigenvalue weighted by molar-refractivity contribution is 1.11. The molecule has 3 rings (SSSR count). The number of pyridine rings is 1. The van der Waals surface area contributed by atoms with Crippen molar-refractivity contribution in [3.63, 3.8) is 0 Å². The monoisotopic (exact) mass is 199 g/mol. The third-order valence-electron chi connectivity index (χ3n) is 2.91. The second kappa shape index (κ2) is 3.12. The van der Waals surface area contributed by atoms with Crippen molar-refractivity contribution in [1.29, 1.82) is 0 Å². The van der Waals surface area contributed by atoms with Crippen molar-refractivity contribution >= 4 is 22.4 Å². The van der Waals surface area contributed by atoms with Crippen LogP contribution in [0.5, 0.6) is 0 Å². The van der Waals surface area contributed by atoms with Crippen molar-refractivity contribution in [3.05, 3.63) is 29.8 Å².